The third-order valence-electron chi connectivity index (χ3n) is 10.9. The van der Waals surface area contributed by atoms with Gasteiger partial charge in [0.1, 0.15) is 0 Å². The molecule has 0 radical (unpaired) electrons. The normalized spacial score (nSPS) is 32.6. The van der Waals surface area contributed by atoms with E-state index in [1.54, 1.807) is 0 Å². The molecule has 0 saturated carbocycles. The van der Waals surface area contributed by atoms with Gasteiger partial charge in [0.05, 0.1) is 31.5 Å². The first kappa shape index (κ1) is 34.7. The number of ether oxygens (including phenoxy) is 2. The summed E-state index contributed by atoms with van der Waals surface area (Å²) in [6.07, 6.45) is 1.86. The van der Waals surface area contributed by atoms with Crippen LogP contribution in [0.5, 0.6) is 0 Å². The van der Waals surface area contributed by atoms with Gasteiger partial charge in [-0.3, -0.25) is 0 Å². The van der Waals surface area contributed by atoms with Gasteiger partial charge < -0.3 is 22.8 Å². The summed E-state index contributed by atoms with van der Waals surface area (Å²) in [4.78, 5) is 0. The Morgan fingerprint density at radius 1 is 0.684 bits per heavy atom. The van der Waals surface area contributed by atoms with Crippen molar-refractivity contribution in [2.24, 2.45) is 11.8 Å². The van der Waals surface area contributed by atoms with E-state index in [9.17, 15) is 0 Å². The molecule has 1 spiro atoms. The predicted octanol–water partition coefficient (Wildman–Crippen LogP) is 8.97. The Labute approximate surface area is 239 Å². The van der Waals surface area contributed by atoms with Gasteiger partial charge in [0.15, 0.2) is 30.7 Å². The van der Waals surface area contributed by atoms with Crippen LogP contribution in [-0.4, -0.2) is 62.3 Å². The Balaban J connectivity index is 2.43. The van der Waals surface area contributed by atoms with Crippen LogP contribution in [-0.2, 0) is 22.8 Å². The molecule has 0 amide bonds. The van der Waals surface area contributed by atoms with Gasteiger partial charge in [-0.1, -0.05) is 76.2 Å². The maximum Gasteiger partial charge on any atom is 0.192 e. The first-order valence-electron chi connectivity index (χ1n) is 15.1. The quantitative estimate of drug-likeness (QED) is 0.278. The Kier molecular flexibility index (Phi) is 10.3. The molecular weight excluding hydrogens is 525 g/mol. The molecule has 0 N–H and O–H groups in total. The molecule has 2 fully saturated rings. The van der Waals surface area contributed by atoms with Gasteiger partial charge in [0.2, 0.25) is 0 Å². The molecule has 38 heavy (non-hydrogen) atoms. The number of hydrogen-bond donors (Lipinski definition) is 0. The van der Waals surface area contributed by atoms with Crippen LogP contribution in [0.25, 0.3) is 0 Å². The van der Waals surface area contributed by atoms with Crippen molar-refractivity contribution in [1.29, 1.82) is 0 Å². The zero-order chi connectivity index (χ0) is 29.8. The molecule has 2 heterocycles. The SMILES string of the molecule is C[C@@H]1[C@H](O[Si](C)(C)C(C)(C)C)C[C@H](CO[Si](C)(C)C(C)(C)C)O[C@@]12OCC[C@@H](O[Si](C)(C)C(C)(C)C)[C@@H]2C. The summed E-state index contributed by atoms with van der Waals surface area (Å²) in [5.41, 5.74) is 0. The van der Waals surface area contributed by atoms with Crippen molar-refractivity contribution < 1.29 is 22.8 Å². The second-order valence-electron chi connectivity index (χ2n) is 16.8. The Bertz CT molecular complexity index is 787. The molecule has 8 heteroatoms. The van der Waals surface area contributed by atoms with E-state index in [0.717, 1.165) is 12.8 Å². The lowest BCUT2D eigenvalue weighted by atomic mass is 9.76. The van der Waals surface area contributed by atoms with Gasteiger partial charge in [0, 0.05) is 18.3 Å². The second kappa shape index (κ2) is 11.3. The fourth-order valence-corrected chi connectivity index (χ4v) is 8.72. The van der Waals surface area contributed by atoms with Crippen LogP contribution in [0.15, 0.2) is 0 Å². The molecule has 0 aromatic carbocycles. The van der Waals surface area contributed by atoms with Crippen LogP contribution in [0.3, 0.4) is 0 Å². The van der Waals surface area contributed by atoms with E-state index >= 15 is 0 Å². The fourth-order valence-electron chi connectivity index (χ4n) is 4.84. The molecule has 0 unspecified atom stereocenters. The minimum absolute atomic E-state index is 0.0618. The van der Waals surface area contributed by atoms with E-state index < -0.39 is 30.7 Å². The van der Waals surface area contributed by atoms with E-state index in [-0.39, 0.29) is 45.3 Å². The fraction of sp³-hybridized carbons (Fsp3) is 1.00. The lowest BCUT2D eigenvalue weighted by Crippen LogP contribution is -2.66. The molecule has 0 aromatic rings. The Morgan fingerprint density at radius 2 is 1.11 bits per heavy atom. The van der Waals surface area contributed by atoms with Gasteiger partial charge in [-0.25, -0.2) is 0 Å². The van der Waals surface area contributed by atoms with E-state index in [0.29, 0.717) is 13.2 Å². The zero-order valence-electron chi connectivity index (χ0n) is 28.3. The minimum atomic E-state index is -2.00. The van der Waals surface area contributed by atoms with Crippen LogP contribution in [0.4, 0.5) is 0 Å². The summed E-state index contributed by atoms with van der Waals surface area (Å²) in [5, 5.41) is 0.448. The summed E-state index contributed by atoms with van der Waals surface area (Å²) in [6, 6.07) is 0. The molecule has 0 aliphatic carbocycles. The zero-order valence-corrected chi connectivity index (χ0v) is 31.3. The number of hydrogen-bond acceptors (Lipinski definition) is 5. The summed E-state index contributed by atoms with van der Waals surface area (Å²) in [5.74, 6) is -0.541. The van der Waals surface area contributed by atoms with Crippen LogP contribution >= 0.6 is 0 Å². The van der Waals surface area contributed by atoms with E-state index in [1.165, 1.54) is 0 Å². The molecule has 5 nitrogen and oxygen atoms in total. The van der Waals surface area contributed by atoms with Crippen LogP contribution in [0.1, 0.15) is 89.0 Å². The minimum Gasteiger partial charge on any atom is -0.414 e. The predicted molar refractivity (Wildman–Crippen MR) is 168 cm³/mol. The number of rotatable bonds is 7. The molecular formula is C30H64O5Si3. The highest BCUT2D eigenvalue weighted by molar-refractivity contribution is 6.75. The molecule has 2 saturated heterocycles. The smallest absolute Gasteiger partial charge is 0.192 e. The van der Waals surface area contributed by atoms with Crippen molar-refractivity contribution in [2.45, 2.75) is 167 Å². The van der Waals surface area contributed by atoms with Crippen molar-refractivity contribution in [3.05, 3.63) is 0 Å². The first-order chi connectivity index (χ1) is 16.8. The highest BCUT2D eigenvalue weighted by Crippen LogP contribution is 2.50. The largest absolute Gasteiger partial charge is 0.414 e. The monoisotopic (exact) mass is 588 g/mol. The summed E-state index contributed by atoms with van der Waals surface area (Å²) in [7, 11) is -5.87. The third kappa shape index (κ3) is 7.26. The molecule has 226 valence electrons. The van der Waals surface area contributed by atoms with Crippen molar-refractivity contribution in [2.75, 3.05) is 13.2 Å². The standard InChI is InChI=1S/C30H64O5Si3/c1-22-25(34-37(14,15)28(6,7)8)18-19-31-30(22)23(2)26(35-38(16,17)29(9,10)11)20-24(33-30)21-32-36(12,13)27(3,4)5/h22-26H,18-21H2,1-17H3/t22-,23+,24+,25+,26+,30+/m0/s1. The summed E-state index contributed by atoms with van der Waals surface area (Å²) < 4.78 is 34.7. The second-order valence-corrected chi connectivity index (χ2v) is 31.1. The topological polar surface area (TPSA) is 46.2 Å². The Hall–Kier alpha value is 0.451. The molecule has 6 atom stereocenters. The molecule has 2 rings (SSSR count). The maximum absolute atomic E-state index is 7.15. The maximum atomic E-state index is 7.15. The average molecular weight is 589 g/mol. The lowest BCUT2D eigenvalue weighted by molar-refractivity contribution is -0.367. The first-order valence-corrected chi connectivity index (χ1v) is 23.8. The van der Waals surface area contributed by atoms with Crippen molar-refractivity contribution in [3.63, 3.8) is 0 Å². The molecule has 2 aliphatic heterocycles. The van der Waals surface area contributed by atoms with Crippen molar-refractivity contribution >= 4 is 25.0 Å². The van der Waals surface area contributed by atoms with Crippen molar-refractivity contribution in [1.82, 2.24) is 0 Å². The van der Waals surface area contributed by atoms with Crippen molar-refractivity contribution in [3.8, 4) is 0 Å². The van der Waals surface area contributed by atoms with Gasteiger partial charge >= 0.3 is 0 Å². The van der Waals surface area contributed by atoms with Crippen LogP contribution < -0.4 is 0 Å². The van der Waals surface area contributed by atoms with E-state index in [4.69, 9.17) is 22.8 Å². The van der Waals surface area contributed by atoms with E-state index in [2.05, 4.69) is 115 Å². The lowest BCUT2D eigenvalue weighted by Gasteiger charge is -2.57. The summed E-state index contributed by atoms with van der Waals surface area (Å²) >= 11 is 0. The molecule has 2 aliphatic rings. The van der Waals surface area contributed by atoms with Crippen LogP contribution in [0, 0.1) is 11.8 Å². The van der Waals surface area contributed by atoms with Gasteiger partial charge in [-0.15, -0.1) is 0 Å². The average Bonchev–Trinajstić information content (AvgIpc) is 2.70. The van der Waals surface area contributed by atoms with Gasteiger partial charge in [-0.2, -0.15) is 0 Å². The van der Waals surface area contributed by atoms with Crippen LogP contribution in [0.2, 0.25) is 54.4 Å². The highest BCUT2D eigenvalue weighted by Gasteiger charge is 2.59. The summed E-state index contributed by atoms with van der Waals surface area (Å²) in [6.45, 7) is 40.7. The van der Waals surface area contributed by atoms with Gasteiger partial charge in [0.25, 0.3) is 0 Å². The van der Waals surface area contributed by atoms with E-state index in [1.807, 2.05) is 0 Å². The molecule has 0 bridgehead atoms. The highest BCUT2D eigenvalue weighted by atomic mass is 28.4. The molecule has 0 aromatic heterocycles. The third-order valence-corrected chi connectivity index (χ3v) is 24.4. The van der Waals surface area contributed by atoms with Gasteiger partial charge in [-0.05, 0) is 60.8 Å². The Morgan fingerprint density at radius 3 is 1.55 bits per heavy atom.